The Balaban J connectivity index is 1.81. The Morgan fingerprint density at radius 1 is 1.23 bits per heavy atom. The third-order valence-electron chi connectivity index (χ3n) is 4.67. The number of aliphatic imine (C=N–C) groups is 1. The van der Waals surface area contributed by atoms with Crippen LogP contribution >= 0.6 is 0 Å². The number of guanidine groups is 1. The van der Waals surface area contributed by atoms with E-state index in [4.69, 9.17) is 9.47 Å². The summed E-state index contributed by atoms with van der Waals surface area (Å²) < 4.78 is 24.4. The second kappa shape index (κ2) is 13.0. The van der Waals surface area contributed by atoms with Gasteiger partial charge in [0.25, 0.3) is 0 Å². The maximum atomic E-state index is 13.8. The van der Waals surface area contributed by atoms with Crippen molar-refractivity contribution in [2.45, 2.75) is 20.0 Å². The van der Waals surface area contributed by atoms with Gasteiger partial charge in [0.1, 0.15) is 6.10 Å². The van der Waals surface area contributed by atoms with Crippen LogP contribution in [-0.2, 0) is 9.53 Å². The number of hydrogen-bond donors (Lipinski definition) is 2. The monoisotopic (exact) mass is 423 g/mol. The van der Waals surface area contributed by atoms with Crippen LogP contribution in [0.4, 0.5) is 4.39 Å². The first-order valence-corrected chi connectivity index (χ1v) is 10.5. The summed E-state index contributed by atoms with van der Waals surface area (Å²) in [5.41, 5.74) is 0. The fourth-order valence-corrected chi connectivity index (χ4v) is 3.10. The minimum absolute atomic E-state index is 0.0141. The normalized spacial score (nSPS) is 16.3. The second-order valence-corrected chi connectivity index (χ2v) is 7.16. The number of para-hydroxylation sites is 1. The molecule has 2 N–H and O–H groups in total. The van der Waals surface area contributed by atoms with Crippen LogP contribution in [0.1, 0.15) is 13.8 Å². The fourth-order valence-electron chi connectivity index (χ4n) is 3.10. The van der Waals surface area contributed by atoms with E-state index >= 15 is 0 Å². The summed E-state index contributed by atoms with van der Waals surface area (Å²) in [5.74, 6) is 0.691. The van der Waals surface area contributed by atoms with Gasteiger partial charge in [-0.2, -0.15) is 0 Å². The number of benzene rings is 1. The summed E-state index contributed by atoms with van der Waals surface area (Å²) in [6, 6.07) is 6.38. The number of carbonyl (C=O) groups excluding carboxylic acids is 1. The Labute approximate surface area is 178 Å². The first kappa shape index (κ1) is 23.9. The topological polar surface area (TPSA) is 78.4 Å². The van der Waals surface area contributed by atoms with E-state index in [0.29, 0.717) is 26.2 Å². The maximum Gasteiger partial charge on any atom is 0.234 e. The van der Waals surface area contributed by atoms with E-state index in [1.165, 1.54) is 6.07 Å². The predicted molar refractivity (Wildman–Crippen MR) is 115 cm³/mol. The first-order chi connectivity index (χ1) is 14.5. The molecule has 1 aromatic rings. The highest BCUT2D eigenvalue weighted by Crippen LogP contribution is 2.17. The molecule has 0 radical (unpaired) electrons. The highest BCUT2D eigenvalue weighted by atomic mass is 19.1. The number of ether oxygens (including phenoxy) is 2. The van der Waals surface area contributed by atoms with Crippen LogP contribution in [0.25, 0.3) is 0 Å². The molecule has 8 nitrogen and oxygen atoms in total. The zero-order chi connectivity index (χ0) is 21.8. The molecule has 1 atom stereocenters. The van der Waals surface area contributed by atoms with E-state index in [-0.39, 0.29) is 23.6 Å². The van der Waals surface area contributed by atoms with Crippen LogP contribution in [0.3, 0.4) is 0 Å². The van der Waals surface area contributed by atoms with E-state index in [1.807, 2.05) is 13.8 Å². The second-order valence-electron chi connectivity index (χ2n) is 7.16. The molecule has 0 aliphatic carbocycles. The van der Waals surface area contributed by atoms with Gasteiger partial charge in [0, 0.05) is 46.4 Å². The third-order valence-corrected chi connectivity index (χ3v) is 4.67. The smallest absolute Gasteiger partial charge is 0.234 e. The summed E-state index contributed by atoms with van der Waals surface area (Å²) in [6.45, 7) is 9.61. The van der Waals surface area contributed by atoms with E-state index < -0.39 is 0 Å². The zero-order valence-electron chi connectivity index (χ0n) is 18.2. The molecule has 0 aromatic heterocycles. The molecule has 9 heteroatoms. The lowest BCUT2D eigenvalue weighted by Gasteiger charge is -2.36. The van der Waals surface area contributed by atoms with Gasteiger partial charge in [-0.1, -0.05) is 12.1 Å². The Morgan fingerprint density at radius 2 is 1.97 bits per heavy atom. The lowest BCUT2D eigenvalue weighted by atomic mass is 10.3. The molecule has 30 heavy (non-hydrogen) atoms. The first-order valence-electron chi connectivity index (χ1n) is 10.5. The Kier molecular flexibility index (Phi) is 10.4. The van der Waals surface area contributed by atoms with Gasteiger partial charge in [0.05, 0.1) is 19.7 Å². The molecule has 1 aliphatic heterocycles. The molecule has 1 aromatic carbocycles. The number of carbonyl (C=O) groups is 1. The maximum absolute atomic E-state index is 13.8. The number of amides is 1. The molecule has 1 amide bonds. The lowest BCUT2D eigenvalue weighted by molar-refractivity contribution is -0.122. The molecule has 1 heterocycles. The van der Waals surface area contributed by atoms with Crippen molar-refractivity contribution in [2.75, 3.05) is 66.1 Å². The number of nitrogens with one attached hydrogen (secondary N) is 2. The summed E-state index contributed by atoms with van der Waals surface area (Å²) in [7, 11) is 1.61. The van der Waals surface area contributed by atoms with Crippen molar-refractivity contribution < 1.29 is 18.7 Å². The summed E-state index contributed by atoms with van der Waals surface area (Å²) in [5, 5.41) is 6.15. The van der Waals surface area contributed by atoms with Crippen molar-refractivity contribution >= 4 is 11.9 Å². The minimum Gasteiger partial charge on any atom is -0.486 e. The standard InChI is InChI=1S/C21H34FN5O3/c1-4-23-21(25-15-17(2)30-19-8-6-5-7-18(19)22)27-12-10-26(11-13-27)16-20(28)24-9-14-29-3/h5-8,17H,4,9-16H2,1-3H3,(H,23,25)(H,24,28). The molecule has 168 valence electrons. The highest BCUT2D eigenvalue weighted by Gasteiger charge is 2.21. The summed E-state index contributed by atoms with van der Waals surface area (Å²) in [4.78, 5) is 20.9. The van der Waals surface area contributed by atoms with E-state index in [1.54, 1.807) is 25.3 Å². The van der Waals surface area contributed by atoms with Crippen LogP contribution < -0.4 is 15.4 Å². The number of hydrogen-bond acceptors (Lipinski definition) is 5. The van der Waals surface area contributed by atoms with Gasteiger partial charge >= 0.3 is 0 Å². The SMILES string of the molecule is CCNC(=NCC(C)Oc1ccccc1F)N1CCN(CC(=O)NCCOC)CC1. The average Bonchev–Trinajstić information content (AvgIpc) is 2.73. The van der Waals surface area contributed by atoms with E-state index in [9.17, 15) is 9.18 Å². The van der Waals surface area contributed by atoms with E-state index in [2.05, 4.69) is 25.4 Å². The Hall–Kier alpha value is -2.39. The van der Waals surface area contributed by atoms with Gasteiger partial charge in [-0.05, 0) is 26.0 Å². The fraction of sp³-hybridized carbons (Fsp3) is 0.619. The van der Waals surface area contributed by atoms with Crippen LogP contribution in [0.15, 0.2) is 29.3 Å². The summed E-state index contributed by atoms with van der Waals surface area (Å²) >= 11 is 0. The summed E-state index contributed by atoms with van der Waals surface area (Å²) in [6.07, 6.45) is -0.257. The zero-order valence-corrected chi connectivity index (χ0v) is 18.2. The Morgan fingerprint density at radius 3 is 2.63 bits per heavy atom. The molecule has 0 saturated carbocycles. The minimum atomic E-state index is -0.373. The van der Waals surface area contributed by atoms with Crippen molar-refractivity contribution in [1.29, 1.82) is 0 Å². The average molecular weight is 424 g/mol. The van der Waals surface area contributed by atoms with Gasteiger partial charge < -0.3 is 25.0 Å². The quantitative estimate of drug-likeness (QED) is 0.331. The Bertz CT molecular complexity index is 680. The van der Waals surface area contributed by atoms with Crippen molar-refractivity contribution in [3.8, 4) is 5.75 Å². The van der Waals surface area contributed by atoms with Crippen LogP contribution in [0, 0.1) is 5.82 Å². The largest absolute Gasteiger partial charge is 0.486 e. The lowest BCUT2D eigenvalue weighted by Crippen LogP contribution is -2.54. The molecule has 1 aliphatic rings. The van der Waals surface area contributed by atoms with Gasteiger partial charge in [-0.15, -0.1) is 0 Å². The number of methoxy groups -OCH3 is 1. The number of rotatable bonds is 10. The predicted octanol–water partition coefficient (Wildman–Crippen LogP) is 0.939. The third kappa shape index (κ3) is 8.16. The number of halogens is 1. The van der Waals surface area contributed by atoms with Crippen molar-refractivity contribution in [3.63, 3.8) is 0 Å². The molecule has 2 rings (SSSR count). The highest BCUT2D eigenvalue weighted by molar-refractivity contribution is 5.80. The number of piperazine rings is 1. The van der Waals surface area contributed by atoms with Crippen molar-refractivity contribution in [1.82, 2.24) is 20.4 Å². The molecular formula is C21H34FN5O3. The molecule has 0 spiro atoms. The van der Waals surface area contributed by atoms with Gasteiger partial charge in [-0.25, -0.2) is 9.38 Å². The van der Waals surface area contributed by atoms with Crippen LogP contribution in [0.5, 0.6) is 5.75 Å². The van der Waals surface area contributed by atoms with Crippen molar-refractivity contribution in [3.05, 3.63) is 30.1 Å². The molecule has 0 bridgehead atoms. The number of nitrogens with zero attached hydrogens (tertiary/aromatic N) is 3. The van der Waals surface area contributed by atoms with Crippen molar-refractivity contribution in [2.24, 2.45) is 4.99 Å². The van der Waals surface area contributed by atoms with Crippen LogP contribution in [0.2, 0.25) is 0 Å². The van der Waals surface area contributed by atoms with Gasteiger partial charge in [0.15, 0.2) is 17.5 Å². The molecule has 1 unspecified atom stereocenters. The van der Waals surface area contributed by atoms with Gasteiger partial charge in [0.2, 0.25) is 5.91 Å². The molecular weight excluding hydrogens is 389 g/mol. The molecule has 1 saturated heterocycles. The van der Waals surface area contributed by atoms with Gasteiger partial charge in [-0.3, -0.25) is 9.69 Å². The molecule has 1 fully saturated rings. The van der Waals surface area contributed by atoms with Crippen LogP contribution in [-0.4, -0.2) is 93.8 Å². The van der Waals surface area contributed by atoms with E-state index in [0.717, 1.165) is 38.7 Å².